The molecule has 0 unspecified atom stereocenters. The fourth-order valence-electron chi connectivity index (χ4n) is 1.53. The molecule has 170 valence electrons. The first-order valence-corrected chi connectivity index (χ1v) is 11.2. The zero-order valence-electron chi connectivity index (χ0n) is 12.8. The highest BCUT2D eigenvalue weighted by molar-refractivity contribution is 7.44. The summed E-state index contributed by atoms with van der Waals surface area (Å²) in [5.74, 6) is -46.3. The van der Waals surface area contributed by atoms with Gasteiger partial charge >= 0.3 is 41.7 Å². The maximum Gasteiger partial charge on any atom is 0.460 e. The summed E-state index contributed by atoms with van der Waals surface area (Å²) in [4.78, 5) is 0. The van der Waals surface area contributed by atoms with E-state index in [2.05, 4.69) is 0 Å². The zero-order valence-corrected chi connectivity index (χ0v) is 15.4. The molecule has 0 saturated heterocycles. The first-order valence-electron chi connectivity index (χ1n) is 6.42. The van der Waals surface area contributed by atoms with Gasteiger partial charge in [0.05, 0.1) is 0 Å². The van der Waals surface area contributed by atoms with Crippen LogP contribution in [0.5, 0.6) is 0 Å². The van der Waals surface area contributed by atoms with Gasteiger partial charge in [0.15, 0.2) is 0 Å². The first-order chi connectivity index (χ1) is 11.7. The van der Waals surface area contributed by atoms with Gasteiger partial charge in [0.1, 0.15) is 0 Å². The molecular weight excluding hydrogens is 504 g/mol. The lowest BCUT2D eigenvalue weighted by atomic mass is 9.90. The molecule has 0 N–H and O–H groups in total. The van der Waals surface area contributed by atoms with Gasteiger partial charge in [-0.15, -0.1) is 22.2 Å². The lowest BCUT2D eigenvalue weighted by molar-refractivity contribution is -0.452. The lowest BCUT2D eigenvalue weighted by Gasteiger charge is -2.41. The average Bonchev–Trinajstić information content (AvgIpc) is 2.42. The van der Waals surface area contributed by atoms with E-state index in [-0.39, 0.29) is 0 Å². The Morgan fingerprint density at radius 1 is 0.536 bits per heavy atom. The summed E-state index contributed by atoms with van der Waals surface area (Å²) in [5, 5.41) is 0. The molecule has 0 atom stereocenters. The minimum absolute atomic E-state index is 0.787. The highest BCUT2D eigenvalue weighted by Gasteiger charge is 2.93. The summed E-state index contributed by atoms with van der Waals surface area (Å²) in [5.41, 5.74) is 0. The van der Waals surface area contributed by atoms with Gasteiger partial charge in [0, 0.05) is 6.42 Å². The second kappa shape index (κ2) is 7.16. The highest BCUT2D eigenvalue weighted by Crippen LogP contribution is 2.62. The fourth-order valence-corrected chi connectivity index (χ4v) is 2.85. The van der Waals surface area contributed by atoms with Crippen LogP contribution < -0.4 is 0 Å². The van der Waals surface area contributed by atoms with Crippen LogP contribution in [0.2, 0.25) is 12.6 Å². The smallest absolute Gasteiger partial charge is 0.200 e. The number of alkyl halides is 15. The van der Waals surface area contributed by atoms with Crippen LogP contribution in [0.4, 0.5) is 65.9 Å². The Bertz CT molecular complexity index is 562. The van der Waals surface area contributed by atoms with E-state index in [9.17, 15) is 65.9 Å². The highest BCUT2D eigenvalue weighted by atomic mass is 35.7. The van der Waals surface area contributed by atoms with Crippen LogP contribution in [0.25, 0.3) is 0 Å². The predicted octanol–water partition coefficient (Wildman–Crippen LogP) is 7.30. The molecule has 18 heteroatoms. The van der Waals surface area contributed by atoms with Gasteiger partial charge in [-0.05, 0) is 12.6 Å². The van der Waals surface area contributed by atoms with Crippen molar-refractivity contribution in [3.8, 4) is 0 Å². The van der Waals surface area contributed by atoms with E-state index in [4.69, 9.17) is 22.2 Å². The van der Waals surface area contributed by atoms with Crippen molar-refractivity contribution in [3.05, 3.63) is 0 Å². The van der Waals surface area contributed by atoms with Crippen molar-refractivity contribution < 1.29 is 65.9 Å². The van der Waals surface area contributed by atoms with Gasteiger partial charge in [-0.1, -0.05) is 0 Å². The standard InChI is InChI=1S/C10H7Cl2F15Si/c1-28(11,12)3-2-4(13,14)5(15,16)6(17,18)7(19,20)8(21,22)9(23,24)10(25,26)27/h2-3H2,1H3. The molecule has 0 nitrogen and oxygen atoms in total. The Morgan fingerprint density at radius 2 is 0.821 bits per heavy atom. The largest absolute Gasteiger partial charge is 0.460 e. The minimum Gasteiger partial charge on any atom is -0.200 e. The van der Waals surface area contributed by atoms with Gasteiger partial charge < -0.3 is 0 Å². The zero-order chi connectivity index (χ0) is 23.4. The third kappa shape index (κ3) is 4.27. The molecule has 0 aliphatic heterocycles. The molecule has 0 bridgehead atoms. The molecule has 28 heavy (non-hydrogen) atoms. The van der Waals surface area contributed by atoms with Gasteiger partial charge in [-0.3, -0.25) is 0 Å². The number of hydrogen-bond acceptors (Lipinski definition) is 0. The molecule has 0 aromatic rings. The van der Waals surface area contributed by atoms with Gasteiger partial charge in [-0.2, -0.15) is 65.9 Å². The summed E-state index contributed by atoms with van der Waals surface area (Å²) < 4.78 is 193. The molecule has 0 saturated carbocycles. The van der Waals surface area contributed by atoms with Crippen molar-refractivity contribution in [2.75, 3.05) is 0 Å². The summed E-state index contributed by atoms with van der Waals surface area (Å²) in [6, 6.07) is -1.38. The van der Waals surface area contributed by atoms with E-state index in [0.717, 1.165) is 6.55 Å². The minimum atomic E-state index is -8.27. The Labute approximate surface area is 156 Å². The van der Waals surface area contributed by atoms with Gasteiger partial charge in [0.25, 0.3) is 0 Å². The molecule has 0 aromatic carbocycles. The first kappa shape index (κ1) is 27.7. The second-order valence-electron chi connectivity index (χ2n) is 5.64. The van der Waals surface area contributed by atoms with Crippen molar-refractivity contribution >= 4 is 28.9 Å². The molecule has 0 spiro atoms. The molecule has 0 fully saturated rings. The lowest BCUT2D eigenvalue weighted by Crippen LogP contribution is -2.72. The Balaban J connectivity index is 6.32. The Hall–Kier alpha value is -0.253. The predicted molar refractivity (Wildman–Crippen MR) is 68.5 cm³/mol. The molecule has 0 aliphatic carbocycles. The SMILES string of the molecule is C[Si](Cl)(Cl)CCC(F)(F)C(F)(F)C(F)(F)C(F)(F)C(F)(F)C(F)(F)C(F)(F)F. The van der Waals surface area contributed by atoms with E-state index >= 15 is 0 Å². The topological polar surface area (TPSA) is 0 Å². The van der Waals surface area contributed by atoms with Gasteiger partial charge in [-0.25, -0.2) is 0 Å². The van der Waals surface area contributed by atoms with Crippen molar-refractivity contribution in [1.82, 2.24) is 0 Å². The molecule has 0 aliphatic rings. The van der Waals surface area contributed by atoms with Crippen LogP contribution in [0.3, 0.4) is 0 Å². The van der Waals surface area contributed by atoms with Crippen molar-refractivity contribution in [2.45, 2.75) is 60.7 Å². The summed E-state index contributed by atoms with van der Waals surface area (Å²) >= 11 is 10.4. The van der Waals surface area contributed by atoms with Crippen LogP contribution in [0.1, 0.15) is 6.42 Å². The Morgan fingerprint density at radius 3 is 1.11 bits per heavy atom. The number of hydrogen-bond donors (Lipinski definition) is 0. The third-order valence-corrected chi connectivity index (χ3v) is 5.53. The van der Waals surface area contributed by atoms with E-state index in [1.165, 1.54) is 0 Å². The maximum atomic E-state index is 13.4. The molecule has 0 radical (unpaired) electrons. The molecule has 0 rings (SSSR count). The Kier molecular flexibility index (Phi) is 7.10. The van der Waals surface area contributed by atoms with Crippen molar-refractivity contribution in [3.63, 3.8) is 0 Å². The third-order valence-electron chi connectivity index (χ3n) is 3.27. The van der Waals surface area contributed by atoms with Crippen LogP contribution in [0.15, 0.2) is 0 Å². The van der Waals surface area contributed by atoms with Crippen molar-refractivity contribution in [2.24, 2.45) is 0 Å². The van der Waals surface area contributed by atoms with Crippen LogP contribution >= 0.6 is 22.2 Å². The fraction of sp³-hybridized carbons (Fsp3) is 1.00. The normalized spacial score (nSPS) is 16.5. The molecule has 0 amide bonds. The van der Waals surface area contributed by atoms with E-state index < -0.39 is 60.9 Å². The summed E-state index contributed by atoms with van der Waals surface area (Å²) in [7, 11) is 0. The maximum absolute atomic E-state index is 13.4. The number of halogens is 17. The molecular formula is C10H7Cl2F15Si. The van der Waals surface area contributed by atoms with E-state index in [0.29, 0.717) is 0 Å². The quantitative estimate of drug-likeness (QED) is 0.182. The van der Waals surface area contributed by atoms with E-state index in [1.54, 1.807) is 0 Å². The van der Waals surface area contributed by atoms with E-state index in [1.807, 2.05) is 0 Å². The van der Waals surface area contributed by atoms with Crippen molar-refractivity contribution in [1.29, 1.82) is 0 Å². The second-order valence-corrected chi connectivity index (χ2v) is 13.9. The molecule has 0 aromatic heterocycles. The van der Waals surface area contributed by atoms with Gasteiger partial charge in [0.2, 0.25) is 6.69 Å². The summed E-state index contributed by atoms with van der Waals surface area (Å²) in [6.45, 7) is -2.97. The van der Waals surface area contributed by atoms with Crippen LogP contribution in [-0.4, -0.2) is 48.4 Å². The van der Waals surface area contributed by atoms with Crippen LogP contribution in [0, 0.1) is 0 Å². The molecule has 0 heterocycles. The van der Waals surface area contributed by atoms with Crippen LogP contribution in [-0.2, 0) is 0 Å². The monoisotopic (exact) mass is 510 g/mol. The number of rotatable bonds is 8. The average molecular weight is 511 g/mol. The summed E-state index contributed by atoms with van der Waals surface area (Å²) in [6.07, 6.45) is -10.1.